The minimum atomic E-state index is 0. The first-order chi connectivity index (χ1) is 13.2. The molecule has 3 fully saturated rings. The lowest BCUT2D eigenvalue weighted by molar-refractivity contribution is 0.299. The van der Waals surface area contributed by atoms with Crippen LogP contribution in [-0.4, -0.2) is 74.1 Å². The zero-order chi connectivity index (χ0) is 18.6. The monoisotopic (exact) mass is 498 g/mol. The van der Waals surface area contributed by atoms with Crippen LogP contribution in [0.15, 0.2) is 23.3 Å². The lowest BCUT2D eigenvalue weighted by Gasteiger charge is -2.33. The standard InChI is InChI=1S/C21H34N6.HI/c1-22-21(27-15-18-5-3-4-6-19(18)16-27)24-14-17-7-8-23-20(13-17)26-11-9-25(2)10-12-26;/h7-8,13,18-19H,3-6,9-12,14-16H2,1-2H3,(H,22,24);1H. The van der Waals surface area contributed by atoms with Gasteiger partial charge in [-0.25, -0.2) is 4.98 Å². The van der Waals surface area contributed by atoms with E-state index >= 15 is 0 Å². The van der Waals surface area contributed by atoms with Gasteiger partial charge in [-0.2, -0.15) is 0 Å². The quantitative estimate of drug-likeness (QED) is 0.395. The molecule has 0 bridgehead atoms. The van der Waals surface area contributed by atoms with E-state index in [1.807, 2.05) is 13.2 Å². The summed E-state index contributed by atoms with van der Waals surface area (Å²) >= 11 is 0. The first-order valence-corrected chi connectivity index (χ1v) is 10.6. The van der Waals surface area contributed by atoms with E-state index in [1.54, 1.807) is 0 Å². The zero-order valence-electron chi connectivity index (χ0n) is 17.3. The van der Waals surface area contributed by atoms with Gasteiger partial charge in [-0.05, 0) is 49.4 Å². The molecule has 1 N–H and O–H groups in total. The number of pyridine rings is 1. The second-order valence-corrected chi connectivity index (χ2v) is 8.42. The third-order valence-corrected chi connectivity index (χ3v) is 6.58. The van der Waals surface area contributed by atoms with Crippen LogP contribution < -0.4 is 10.2 Å². The van der Waals surface area contributed by atoms with Gasteiger partial charge in [0.25, 0.3) is 0 Å². The Hall–Kier alpha value is -1.09. The number of likely N-dealkylation sites (N-methyl/N-ethyl adjacent to an activating group) is 1. The van der Waals surface area contributed by atoms with Crippen molar-refractivity contribution in [3.05, 3.63) is 23.9 Å². The van der Waals surface area contributed by atoms with E-state index in [-0.39, 0.29) is 24.0 Å². The smallest absolute Gasteiger partial charge is 0.193 e. The number of halogens is 1. The second kappa shape index (κ2) is 10.1. The fourth-order valence-corrected chi connectivity index (χ4v) is 4.87. The van der Waals surface area contributed by atoms with Crippen LogP contribution in [0.3, 0.4) is 0 Å². The summed E-state index contributed by atoms with van der Waals surface area (Å²) in [5.74, 6) is 3.91. The molecule has 1 saturated carbocycles. The molecule has 2 aliphatic heterocycles. The van der Waals surface area contributed by atoms with Crippen LogP contribution in [0.2, 0.25) is 0 Å². The van der Waals surface area contributed by atoms with E-state index in [4.69, 9.17) is 0 Å². The third kappa shape index (κ3) is 5.09. The molecule has 0 spiro atoms. The first kappa shape index (κ1) is 21.6. The number of aromatic nitrogens is 1. The molecule has 4 rings (SSSR count). The van der Waals surface area contributed by atoms with Crippen molar-refractivity contribution in [3.8, 4) is 0 Å². The fraction of sp³-hybridized carbons (Fsp3) is 0.714. The Balaban J connectivity index is 0.00000225. The predicted molar refractivity (Wildman–Crippen MR) is 127 cm³/mol. The Morgan fingerprint density at radius 2 is 1.82 bits per heavy atom. The highest BCUT2D eigenvalue weighted by Gasteiger charge is 2.35. The predicted octanol–water partition coefficient (Wildman–Crippen LogP) is 2.65. The van der Waals surface area contributed by atoms with Crippen molar-refractivity contribution in [1.82, 2.24) is 20.1 Å². The van der Waals surface area contributed by atoms with Gasteiger partial charge in [-0.1, -0.05) is 12.8 Å². The van der Waals surface area contributed by atoms with E-state index in [9.17, 15) is 0 Å². The van der Waals surface area contributed by atoms with E-state index in [0.29, 0.717) is 0 Å². The maximum atomic E-state index is 4.60. The average Bonchev–Trinajstić information content (AvgIpc) is 3.13. The van der Waals surface area contributed by atoms with E-state index < -0.39 is 0 Å². The van der Waals surface area contributed by atoms with Crippen molar-refractivity contribution in [3.63, 3.8) is 0 Å². The number of nitrogens with zero attached hydrogens (tertiary/aromatic N) is 5. The molecule has 3 heterocycles. The Bertz CT molecular complexity index is 644. The Labute approximate surface area is 186 Å². The summed E-state index contributed by atoms with van der Waals surface area (Å²) < 4.78 is 0. The van der Waals surface area contributed by atoms with Gasteiger partial charge >= 0.3 is 0 Å². The minimum Gasteiger partial charge on any atom is -0.354 e. The van der Waals surface area contributed by atoms with Gasteiger partial charge in [-0.3, -0.25) is 4.99 Å². The topological polar surface area (TPSA) is 47.0 Å². The number of piperazine rings is 1. The second-order valence-electron chi connectivity index (χ2n) is 8.42. The number of guanidine groups is 1. The molecule has 0 radical (unpaired) electrons. The molecule has 1 aliphatic carbocycles. The van der Waals surface area contributed by atoms with Gasteiger partial charge in [0.15, 0.2) is 5.96 Å². The van der Waals surface area contributed by atoms with Crippen molar-refractivity contribution in [1.29, 1.82) is 0 Å². The Kier molecular flexibility index (Phi) is 7.79. The zero-order valence-corrected chi connectivity index (χ0v) is 19.6. The third-order valence-electron chi connectivity index (χ3n) is 6.58. The molecule has 1 aromatic heterocycles. The van der Waals surface area contributed by atoms with Gasteiger partial charge in [0.05, 0.1) is 0 Å². The maximum absolute atomic E-state index is 4.60. The molecule has 2 unspecified atom stereocenters. The van der Waals surface area contributed by atoms with E-state index in [2.05, 4.69) is 49.2 Å². The van der Waals surface area contributed by atoms with Crippen LogP contribution in [0.1, 0.15) is 31.2 Å². The van der Waals surface area contributed by atoms with Gasteiger partial charge < -0.3 is 20.0 Å². The summed E-state index contributed by atoms with van der Waals surface area (Å²) in [4.78, 5) is 16.4. The van der Waals surface area contributed by atoms with Gasteiger partial charge in [0.2, 0.25) is 0 Å². The summed E-state index contributed by atoms with van der Waals surface area (Å²) in [6.07, 6.45) is 7.56. The molecule has 28 heavy (non-hydrogen) atoms. The van der Waals surface area contributed by atoms with Crippen LogP contribution in [-0.2, 0) is 6.54 Å². The highest BCUT2D eigenvalue weighted by Crippen LogP contribution is 2.35. The molecule has 0 aromatic carbocycles. The molecule has 156 valence electrons. The highest BCUT2D eigenvalue weighted by atomic mass is 127. The molecular weight excluding hydrogens is 463 g/mol. The molecule has 0 amide bonds. The number of rotatable bonds is 3. The fourth-order valence-electron chi connectivity index (χ4n) is 4.87. The molecule has 3 aliphatic rings. The number of hydrogen-bond acceptors (Lipinski definition) is 4. The van der Waals surface area contributed by atoms with Crippen LogP contribution in [0.4, 0.5) is 5.82 Å². The number of anilines is 1. The van der Waals surface area contributed by atoms with Crippen molar-refractivity contribution in [2.24, 2.45) is 16.8 Å². The first-order valence-electron chi connectivity index (χ1n) is 10.6. The number of likely N-dealkylation sites (tertiary alicyclic amines) is 1. The van der Waals surface area contributed by atoms with Crippen molar-refractivity contribution in [2.75, 3.05) is 58.3 Å². The van der Waals surface area contributed by atoms with Crippen LogP contribution in [0.25, 0.3) is 0 Å². The number of fused-ring (bicyclic) bond motifs is 1. The van der Waals surface area contributed by atoms with Gasteiger partial charge in [0.1, 0.15) is 5.82 Å². The highest BCUT2D eigenvalue weighted by molar-refractivity contribution is 14.0. The van der Waals surface area contributed by atoms with Crippen molar-refractivity contribution < 1.29 is 0 Å². The van der Waals surface area contributed by atoms with Crippen LogP contribution in [0, 0.1) is 11.8 Å². The van der Waals surface area contributed by atoms with Crippen molar-refractivity contribution >= 4 is 35.8 Å². The number of nitrogens with one attached hydrogen (secondary N) is 1. The number of aliphatic imine (C=N–C) groups is 1. The number of hydrogen-bond donors (Lipinski definition) is 1. The normalized spacial score (nSPS) is 26.0. The molecule has 2 atom stereocenters. The lowest BCUT2D eigenvalue weighted by atomic mass is 9.82. The largest absolute Gasteiger partial charge is 0.354 e. The maximum Gasteiger partial charge on any atom is 0.193 e. The van der Waals surface area contributed by atoms with Crippen LogP contribution in [0.5, 0.6) is 0 Å². The van der Waals surface area contributed by atoms with Crippen LogP contribution >= 0.6 is 24.0 Å². The SMILES string of the molecule is CN=C(NCc1ccnc(N2CCN(C)CC2)c1)N1CC2CCCCC2C1.I. The molecule has 7 heteroatoms. The molecular formula is C21H35IN6. The summed E-state index contributed by atoms with van der Waals surface area (Å²) in [5.41, 5.74) is 1.27. The minimum absolute atomic E-state index is 0. The summed E-state index contributed by atoms with van der Waals surface area (Å²) in [6.45, 7) is 7.47. The Morgan fingerprint density at radius 1 is 1.14 bits per heavy atom. The van der Waals surface area contributed by atoms with Gasteiger partial charge in [0, 0.05) is 59.1 Å². The molecule has 1 aromatic rings. The van der Waals surface area contributed by atoms with Gasteiger partial charge in [-0.15, -0.1) is 24.0 Å². The molecule has 6 nitrogen and oxygen atoms in total. The van der Waals surface area contributed by atoms with E-state index in [1.165, 1.54) is 44.3 Å². The summed E-state index contributed by atoms with van der Waals surface area (Å²) in [7, 11) is 4.09. The average molecular weight is 498 g/mol. The molecule has 2 saturated heterocycles. The Morgan fingerprint density at radius 3 is 2.46 bits per heavy atom. The lowest BCUT2D eigenvalue weighted by Crippen LogP contribution is -2.44. The van der Waals surface area contributed by atoms with Crippen molar-refractivity contribution in [2.45, 2.75) is 32.2 Å². The summed E-state index contributed by atoms with van der Waals surface area (Å²) in [5, 5.41) is 3.60. The van der Waals surface area contributed by atoms with E-state index in [0.717, 1.165) is 56.3 Å². The summed E-state index contributed by atoms with van der Waals surface area (Å²) in [6, 6.07) is 4.35.